The Balaban J connectivity index is 1.72. The van der Waals surface area contributed by atoms with Crippen LogP contribution >= 0.6 is 11.6 Å². The van der Waals surface area contributed by atoms with Crippen molar-refractivity contribution in [2.24, 2.45) is 5.41 Å². The SMILES string of the molecule is COc1cccc(CNC(=O)[C@@]2(C)CCCN(S(=O)(=O)c3ccccc3Cl)C2)c1. The minimum Gasteiger partial charge on any atom is -0.497 e. The van der Waals surface area contributed by atoms with Crippen LogP contribution in [0, 0.1) is 5.41 Å². The molecule has 156 valence electrons. The Morgan fingerprint density at radius 2 is 2.00 bits per heavy atom. The Morgan fingerprint density at radius 3 is 2.72 bits per heavy atom. The fraction of sp³-hybridized carbons (Fsp3) is 0.381. The summed E-state index contributed by atoms with van der Waals surface area (Å²) in [5.41, 5.74) is 0.100. The van der Waals surface area contributed by atoms with Gasteiger partial charge in [-0.05, 0) is 49.6 Å². The number of hydrogen-bond acceptors (Lipinski definition) is 4. The second-order valence-corrected chi connectivity index (χ2v) is 9.78. The van der Waals surface area contributed by atoms with Crippen molar-refractivity contribution >= 4 is 27.5 Å². The summed E-state index contributed by atoms with van der Waals surface area (Å²) in [5.74, 6) is 0.553. The first-order valence-corrected chi connectivity index (χ1v) is 11.2. The number of sulfonamides is 1. The molecule has 1 N–H and O–H groups in total. The molecule has 3 rings (SSSR count). The van der Waals surface area contributed by atoms with Crippen molar-refractivity contribution < 1.29 is 17.9 Å². The van der Waals surface area contributed by atoms with Gasteiger partial charge in [-0.3, -0.25) is 4.79 Å². The van der Waals surface area contributed by atoms with Gasteiger partial charge in [0.05, 0.1) is 17.5 Å². The zero-order valence-corrected chi connectivity index (χ0v) is 18.1. The van der Waals surface area contributed by atoms with Gasteiger partial charge in [-0.15, -0.1) is 0 Å². The van der Waals surface area contributed by atoms with Gasteiger partial charge in [-0.2, -0.15) is 4.31 Å². The van der Waals surface area contributed by atoms with Crippen LogP contribution in [-0.2, 0) is 21.4 Å². The molecular weight excluding hydrogens is 412 g/mol. The first kappa shape index (κ1) is 21.6. The highest BCUT2D eigenvalue weighted by Gasteiger charge is 2.42. The summed E-state index contributed by atoms with van der Waals surface area (Å²) in [6, 6.07) is 13.8. The fourth-order valence-corrected chi connectivity index (χ4v) is 5.65. The average molecular weight is 437 g/mol. The van der Waals surface area contributed by atoms with E-state index in [1.807, 2.05) is 31.2 Å². The van der Waals surface area contributed by atoms with Crippen LogP contribution in [0.25, 0.3) is 0 Å². The molecule has 1 aliphatic heterocycles. The predicted octanol–water partition coefficient (Wildman–Crippen LogP) is 3.46. The Labute approximate surface area is 176 Å². The number of halogens is 1. The Hall–Kier alpha value is -2.09. The van der Waals surface area contributed by atoms with Crippen molar-refractivity contribution in [1.29, 1.82) is 0 Å². The third-order valence-corrected chi connectivity index (χ3v) is 7.60. The number of amides is 1. The van der Waals surface area contributed by atoms with E-state index in [0.717, 1.165) is 11.3 Å². The minimum atomic E-state index is -3.77. The lowest BCUT2D eigenvalue weighted by Crippen LogP contribution is -2.51. The molecular formula is C21H25ClN2O4S. The fourth-order valence-electron chi connectivity index (χ4n) is 3.55. The van der Waals surface area contributed by atoms with Crippen molar-refractivity contribution in [1.82, 2.24) is 9.62 Å². The maximum Gasteiger partial charge on any atom is 0.244 e. The molecule has 0 radical (unpaired) electrons. The molecule has 0 aliphatic carbocycles. The number of carbonyl (C=O) groups is 1. The van der Waals surface area contributed by atoms with Crippen LogP contribution < -0.4 is 10.1 Å². The third kappa shape index (κ3) is 4.74. The third-order valence-electron chi connectivity index (χ3n) is 5.25. The monoisotopic (exact) mass is 436 g/mol. The Kier molecular flexibility index (Phi) is 6.51. The zero-order valence-electron chi connectivity index (χ0n) is 16.5. The van der Waals surface area contributed by atoms with Crippen LogP contribution in [0.15, 0.2) is 53.4 Å². The normalized spacial score (nSPS) is 20.2. The molecule has 1 atom stereocenters. The largest absolute Gasteiger partial charge is 0.497 e. The van der Waals surface area contributed by atoms with Gasteiger partial charge in [-0.1, -0.05) is 35.9 Å². The highest BCUT2D eigenvalue weighted by atomic mass is 35.5. The van der Waals surface area contributed by atoms with Gasteiger partial charge in [0.2, 0.25) is 15.9 Å². The molecule has 0 spiro atoms. The van der Waals surface area contributed by atoms with Crippen LogP contribution in [-0.4, -0.2) is 38.8 Å². The van der Waals surface area contributed by atoms with Crippen molar-refractivity contribution in [2.45, 2.75) is 31.2 Å². The molecule has 0 unspecified atom stereocenters. The van der Waals surface area contributed by atoms with Crippen molar-refractivity contribution in [3.05, 3.63) is 59.1 Å². The van der Waals surface area contributed by atoms with Crippen molar-refractivity contribution in [3.63, 3.8) is 0 Å². The van der Waals surface area contributed by atoms with Crippen LogP contribution in [0.2, 0.25) is 5.02 Å². The van der Waals surface area contributed by atoms with E-state index in [4.69, 9.17) is 16.3 Å². The quantitative estimate of drug-likeness (QED) is 0.752. The summed E-state index contributed by atoms with van der Waals surface area (Å²) in [5, 5.41) is 3.12. The molecule has 2 aromatic rings. The van der Waals surface area contributed by atoms with Gasteiger partial charge >= 0.3 is 0 Å². The smallest absolute Gasteiger partial charge is 0.244 e. The number of piperidine rings is 1. The standard InChI is InChI=1S/C21H25ClN2O4S/c1-21(20(25)23-14-16-7-5-8-17(13-16)28-2)11-6-12-24(15-21)29(26,27)19-10-4-3-9-18(19)22/h3-5,7-10,13H,6,11-12,14-15H2,1-2H3,(H,23,25)/t21-/m0/s1. The molecule has 6 nitrogen and oxygen atoms in total. The minimum absolute atomic E-state index is 0.0719. The number of methoxy groups -OCH3 is 1. The van der Waals surface area contributed by atoms with Gasteiger partial charge < -0.3 is 10.1 Å². The summed E-state index contributed by atoms with van der Waals surface area (Å²) in [7, 11) is -2.18. The molecule has 1 saturated heterocycles. The molecule has 1 amide bonds. The number of ether oxygens (including phenoxy) is 1. The lowest BCUT2D eigenvalue weighted by Gasteiger charge is -2.38. The highest BCUT2D eigenvalue weighted by Crippen LogP contribution is 2.34. The first-order chi connectivity index (χ1) is 13.8. The second-order valence-electron chi connectivity index (χ2n) is 7.47. The average Bonchev–Trinajstić information content (AvgIpc) is 2.72. The van der Waals surface area contributed by atoms with E-state index in [1.54, 1.807) is 25.3 Å². The summed E-state index contributed by atoms with van der Waals surface area (Å²) >= 11 is 6.11. The lowest BCUT2D eigenvalue weighted by molar-refractivity contribution is -0.132. The van der Waals surface area contributed by atoms with Gasteiger partial charge in [-0.25, -0.2) is 8.42 Å². The van der Waals surface area contributed by atoms with Crippen LogP contribution in [0.1, 0.15) is 25.3 Å². The highest BCUT2D eigenvalue weighted by molar-refractivity contribution is 7.89. The van der Waals surface area contributed by atoms with Crippen LogP contribution in [0.3, 0.4) is 0 Å². The summed E-state index contributed by atoms with van der Waals surface area (Å²) in [6.07, 6.45) is 1.22. The Bertz CT molecular complexity index is 996. The number of nitrogens with one attached hydrogen (secondary N) is 1. The van der Waals surface area contributed by atoms with Gasteiger partial charge in [0.15, 0.2) is 0 Å². The predicted molar refractivity (Wildman–Crippen MR) is 112 cm³/mol. The summed E-state index contributed by atoms with van der Waals surface area (Å²) < 4.78 is 32.7. The van der Waals surface area contributed by atoms with E-state index in [1.165, 1.54) is 10.4 Å². The van der Waals surface area contributed by atoms with Crippen molar-refractivity contribution in [3.8, 4) is 5.75 Å². The van der Waals surface area contributed by atoms with Crippen LogP contribution in [0.4, 0.5) is 0 Å². The van der Waals surface area contributed by atoms with Gasteiger partial charge in [0, 0.05) is 19.6 Å². The molecule has 1 heterocycles. The number of benzene rings is 2. The van der Waals surface area contributed by atoms with Gasteiger partial charge in [0.25, 0.3) is 0 Å². The zero-order chi connectivity index (χ0) is 21.1. The maximum atomic E-state index is 13.1. The second kappa shape index (κ2) is 8.73. The van der Waals surface area contributed by atoms with Gasteiger partial charge in [0.1, 0.15) is 10.6 Å². The Morgan fingerprint density at radius 1 is 1.24 bits per heavy atom. The van der Waals surface area contributed by atoms with Crippen molar-refractivity contribution in [2.75, 3.05) is 20.2 Å². The molecule has 0 saturated carbocycles. The van der Waals surface area contributed by atoms with E-state index < -0.39 is 15.4 Å². The molecule has 1 aliphatic rings. The molecule has 0 bridgehead atoms. The number of carbonyl (C=O) groups excluding carboxylic acids is 1. The van der Waals surface area contributed by atoms with E-state index in [-0.39, 0.29) is 22.4 Å². The molecule has 29 heavy (non-hydrogen) atoms. The number of rotatable bonds is 6. The topological polar surface area (TPSA) is 75.7 Å². The molecule has 2 aromatic carbocycles. The molecule has 0 aromatic heterocycles. The lowest BCUT2D eigenvalue weighted by atomic mass is 9.82. The maximum absolute atomic E-state index is 13.1. The molecule has 1 fully saturated rings. The summed E-state index contributed by atoms with van der Waals surface area (Å²) in [6.45, 7) is 2.64. The van der Waals surface area contributed by atoms with E-state index in [0.29, 0.717) is 25.9 Å². The molecule has 8 heteroatoms. The number of nitrogens with zero attached hydrogens (tertiary/aromatic N) is 1. The number of hydrogen-bond donors (Lipinski definition) is 1. The van der Waals surface area contributed by atoms with Crippen LogP contribution in [0.5, 0.6) is 5.75 Å². The van der Waals surface area contributed by atoms with E-state index >= 15 is 0 Å². The summed E-state index contributed by atoms with van der Waals surface area (Å²) in [4.78, 5) is 13.0. The first-order valence-electron chi connectivity index (χ1n) is 9.42. The van der Waals surface area contributed by atoms with E-state index in [2.05, 4.69) is 5.32 Å². The van der Waals surface area contributed by atoms with E-state index in [9.17, 15) is 13.2 Å².